The van der Waals surface area contributed by atoms with Crippen molar-refractivity contribution in [3.05, 3.63) is 109 Å². The van der Waals surface area contributed by atoms with Gasteiger partial charge in [0.25, 0.3) is 0 Å². The van der Waals surface area contributed by atoms with E-state index in [1.165, 1.54) is 22.9 Å². The summed E-state index contributed by atoms with van der Waals surface area (Å²) in [7, 11) is 0. The Bertz CT molecular complexity index is 1270. The lowest BCUT2D eigenvalue weighted by Gasteiger charge is -2.51. The molecule has 3 saturated heterocycles. The fourth-order valence-corrected chi connectivity index (χ4v) is 5.90. The summed E-state index contributed by atoms with van der Waals surface area (Å²) in [5.41, 5.74) is 3.45. The standard InChI is InChI=1S/C30H31N3O/c1-2-23-20-33-17-14-24(23)18-28(33)30(34-21-22-10-4-3-5-11-22)26-19-29(32-15-8-9-16-32)31-27-13-7-6-12-25(26)27/h2-13,15-16,19,23-24,28,30H,1,14,17-18,20-21H2/t23?,24?,28?,30-/m1/s1. The third-order valence-electron chi connectivity index (χ3n) is 7.69. The molecule has 7 rings (SSSR count). The van der Waals surface area contributed by atoms with Crippen molar-refractivity contribution in [3.63, 3.8) is 0 Å². The number of hydrogen-bond donors (Lipinski definition) is 0. The van der Waals surface area contributed by atoms with Gasteiger partial charge in [-0.05, 0) is 66.6 Å². The predicted molar refractivity (Wildman–Crippen MR) is 137 cm³/mol. The molecule has 4 nitrogen and oxygen atoms in total. The lowest BCUT2D eigenvalue weighted by molar-refractivity contribution is -0.0803. The number of pyridine rings is 1. The van der Waals surface area contributed by atoms with Crippen LogP contribution in [0.2, 0.25) is 0 Å². The molecule has 3 aliphatic rings. The van der Waals surface area contributed by atoms with E-state index in [9.17, 15) is 0 Å². The SMILES string of the molecule is C=CC1CN2CCC1CC2[C@H](OCc1ccccc1)c1cc(-n2cccc2)nc2ccccc12. The fourth-order valence-electron chi connectivity index (χ4n) is 5.90. The molecule has 5 atom stereocenters. The van der Waals surface area contributed by atoms with Crippen LogP contribution in [-0.2, 0) is 11.3 Å². The first kappa shape index (κ1) is 21.3. The molecule has 0 aliphatic carbocycles. The van der Waals surface area contributed by atoms with E-state index in [0.717, 1.165) is 30.8 Å². The van der Waals surface area contributed by atoms with Crippen molar-refractivity contribution >= 4 is 10.9 Å². The van der Waals surface area contributed by atoms with Gasteiger partial charge >= 0.3 is 0 Å². The van der Waals surface area contributed by atoms with Crippen LogP contribution < -0.4 is 0 Å². The Hall–Kier alpha value is -3.21. The lowest BCUT2D eigenvalue weighted by atomic mass is 9.73. The molecule has 0 radical (unpaired) electrons. The second-order valence-corrected chi connectivity index (χ2v) is 9.64. The van der Waals surface area contributed by atoms with E-state index in [2.05, 4.69) is 95.2 Å². The molecule has 4 unspecified atom stereocenters. The van der Waals surface area contributed by atoms with Gasteiger partial charge in [0.1, 0.15) is 5.82 Å². The van der Waals surface area contributed by atoms with Gasteiger partial charge in [0.05, 0.1) is 18.2 Å². The first-order valence-electron chi connectivity index (χ1n) is 12.4. The number of aromatic nitrogens is 2. The van der Waals surface area contributed by atoms with Gasteiger partial charge in [-0.1, -0.05) is 54.6 Å². The molecule has 3 fully saturated rings. The van der Waals surface area contributed by atoms with Crippen molar-refractivity contribution < 1.29 is 4.74 Å². The highest BCUT2D eigenvalue weighted by Gasteiger charge is 2.43. The molecule has 172 valence electrons. The van der Waals surface area contributed by atoms with Crippen LogP contribution in [0.3, 0.4) is 0 Å². The monoisotopic (exact) mass is 449 g/mol. The Morgan fingerprint density at radius 3 is 2.59 bits per heavy atom. The second-order valence-electron chi connectivity index (χ2n) is 9.64. The molecule has 2 aromatic heterocycles. The first-order chi connectivity index (χ1) is 16.8. The van der Waals surface area contributed by atoms with Crippen LogP contribution in [0.25, 0.3) is 16.7 Å². The lowest BCUT2D eigenvalue weighted by Crippen LogP contribution is -2.55. The molecular formula is C30H31N3O. The molecule has 34 heavy (non-hydrogen) atoms. The van der Waals surface area contributed by atoms with Crippen LogP contribution in [0.4, 0.5) is 0 Å². The average molecular weight is 450 g/mol. The number of ether oxygens (including phenoxy) is 1. The Morgan fingerprint density at radius 2 is 1.82 bits per heavy atom. The summed E-state index contributed by atoms with van der Waals surface area (Å²) in [6.07, 6.45) is 8.65. The quantitative estimate of drug-likeness (QED) is 0.316. The molecule has 2 aromatic carbocycles. The van der Waals surface area contributed by atoms with Gasteiger partial charge < -0.3 is 9.30 Å². The molecule has 0 amide bonds. The second kappa shape index (κ2) is 9.21. The zero-order chi connectivity index (χ0) is 22.9. The van der Waals surface area contributed by atoms with Gasteiger partial charge in [-0.15, -0.1) is 6.58 Å². The number of rotatable bonds is 7. The smallest absolute Gasteiger partial charge is 0.137 e. The van der Waals surface area contributed by atoms with Crippen molar-refractivity contribution in [1.82, 2.24) is 14.5 Å². The number of hydrogen-bond acceptors (Lipinski definition) is 3. The minimum Gasteiger partial charge on any atom is -0.367 e. The van der Waals surface area contributed by atoms with E-state index in [4.69, 9.17) is 9.72 Å². The van der Waals surface area contributed by atoms with E-state index in [1.807, 2.05) is 12.1 Å². The average Bonchev–Trinajstić information content (AvgIpc) is 3.45. The third-order valence-corrected chi connectivity index (χ3v) is 7.69. The summed E-state index contributed by atoms with van der Waals surface area (Å²) in [6.45, 7) is 6.94. The summed E-state index contributed by atoms with van der Waals surface area (Å²) in [6, 6.07) is 25.7. The highest BCUT2D eigenvalue weighted by atomic mass is 16.5. The topological polar surface area (TPSA) is 30.3 Å². The number of nitrogens with zero attached hydrogens (tertiary/aromatic N) is 3. The van der Waals surface area contributed by atoms with E-state index < -0.39 is 0 Å². The van der Waals surface area contributed by atoms with Crippen LogP contribution in [0.15, 0.2) is 97.8 Å². The molecule has 0 N–H and O–H groups in total. The number of benzene rings is 2. The third kappa shape index (κ3) is 3.97. The van der Waals surface area contributed by atoms with Gasteiger partial charge in [-0.3, -0.25) is 4.90 Å². The van der Waals surface area contributed by atoms with Crippen LogP contribution >= 0.6 is 0 Å². The highest BCUT2D eigenvalue weighted by Crippen LogP contribution is 2.44. The van der Waals surface area contributed by atoms with E-state index in [-0.39, 0.29) is 6.10 Å². The van der Waals surface area contributed by atoms with Gasteiger partial charge in [0, 0.05) is 30.4 Å². The Morgan fingerprint density at radius 1 is 1.03 bits per heavy atom. The predicted octanol–water partition coefficient (Wildman–Crippen LogP) is 6.18. The van der Waals surface area contributed by atoms with Gasteiger partial charge in [-0.25, -0.2) is 4.98 Å². The van der Waals surface area contributed by atoms with Crippen molar-refractivity contribution in [2.45, 2.75) is 31.6 Å². The van der Waals surface area contributed by atoms with Crippen LogP contribution in [0.5, 0.6) is 0 Å². The zero-order valence-corrected chi connectivity index (χ0v) is 19.5. The molecule has 4 heteroatoms. The maximum absolute atomic E-state index is 6.85. The summed E-state index contributed by atoms with van der Waals surface area (Å²) in [5.74, 6) is 2.21. The number of fused-ring (bicyclic) bond motifs is 4. The Balaban J connectivity index is 1.44. The van der Waals surface area contributed by atoms with Gasteiger partial charge in [0.15, 0.2) is 0 Å². The Labute approximate surface area is 201 Å². The Kier molecular flexibility index (Phi) is 5.78. The summed E-state index contributed by atoms with van der Waals surface area (Å²) < 4.78 is 8.94. The fraction of sp³-hybridized carbons (Fsp3) is 0.300. The zero-order valence-electron chi connectivity index (χ0n) is 19.5. The summed E-state index contributed by atoms with van der Waals surface area (Å²) >= 11 is 0. The van der Waals surface area contributed by atoms with Crippen molar-refractivity contribution in [2.75, 3.05) is 13.1 Å². The maximum Gasteiger partial charge on any atom is 0.137 e. The van der Waals surface area contributed by atoms with Crippen molar-refractivity contribution in [2.24, 2.45) is 11.8 Å². The molecule has 0 spiro atoms. The minimum absolute atomic E-state index is 0.0315. The molecule has 0 saturated carbocycles. The maximum atomic E-state index is 6.85. The molecular weight excluding hydrogens is 418 g/mol. The van der Waals surface area contributed by atoms with E-state index in [1.54, 1.807) is 0 Å². The van der Waals surface area contributed by atoms with Gasteiger partial charge in [-0.2, -0.15) is 0 Å². The van der Waals surface area contributed by atoms with Crippen LogP contribution in [-0.4, -0.2) is 33.6 Å². The summed E-state index contributed by atoms with van der Waals surface area (Å²) in [5, 5.41) is 1.18. The van der Waals surface area contributed by atoms with Crippen molar-refractivity contribution in [3.8, 4) is 5.82 Å². The van der Waals surface area contributed by atoms with E-state index >= 15 is 0 Å². The first-order valence-corrected chi connectivity index (χ1v) is 12.4. The van der Waals surface area contributed by atoms with Crippen LogP contribution in [0.1, 0.15) is 30.1 Å². The molecule has 3 aliphatic heterocycles. The largest absolute Gasteiger partial charge is 0.367 e. The number of piperidine rings is 3. The molecule has 5 heterocycles. The minimum atomic E-state index is -0.0315. The molecule has 4 aromatic rings. The van der Waals surface area contributed by atoms with Gasteiger partial charge in [0.2, 0.25) is 0 Å². The normalized spacial score (nSPS) is 24.8. The molecule has 2 bridgehead atoms. The number of para-hydroxylation sites is 1. The highest BCUT2D eigenvalue weighted by molar-refractivity contribution is 5.83. The van der Waals surface area contributed by atoms with Crippen molar-refractivity contribution in [1.29, 1.82) is 0 Å². The van der Waals surface area contributed by atoms with Crippen LogP contribution in [0, 0.1) is 11.8 Å². The summed E-state index contributed by atoms with van der Waals surface area (Å²) in [4.78, 5) is 7.62. The van der Waals surface area contributed by atoms with E-state index in [0.29, 0.717) is 24.5 Å².